The number of aryl methyl sites for hydroxylation is 1. The molecule has 0 bridgehead atoms. The first-order valence-electron chi connectivity index (χ1n) is 9.23. The second kappa shape index (κ2) is 9.19. The molecule has 4 heterocycles. The number of hydrogen-bond donors (Lipinski definition) is 2. The van der Waals surface area contributed by atoms with E-state index >= 15 is 0 Å². The van der Waals surface area contributed by atoms with Gasteiger partial charge in [0.1, 0.15) is 5.69 Å². The summed E-state index contributed by atoms with van der Waals surface area (Å²) in [6.45, 7) is 3.35. The summed E-state index contributed by atoms with van der Waals surface area (Å²) in [6, 6.07) is 8.59. The molecule has 0 saturated carbocycles. The standard InChI is InChI=1S/C17H21N3O2S.C2HF3O2/c1-19-6-2-5-15(19)17(21)18-14-9-20(8-12-4-3-7-23-12)16-11-22-10-13(14)16;3-2(4,5)1(6)7/h2-7,13-14,16H,8-11H2,1H3,(H,18,21);(H,6,7)/t13-,14-,16-;/m1./s1. The molecule has 0 radical (unpaired) electrons. The van der Waals surface area contributed by atoms with Crippen molar-refractivity contribution in [1.29, 1.82) is 0 Å². The van der Waals surface area contributed by atoms with E-state index in [1.54, 1.807) is 11.3 Å². The Hall–Kier alpha value is -2.37. The third-order valence-corrected chi connectivity index (χ3v) is 6.05. The Labute approximate surface area is 175 Å². The molecule has 7 nitrogen and oxygen atoms in total. The number of carboxylic acids is 1. The van der Waals surface area contributed by atoms with Gasteiger partial charge >= 0.3 is 12.1 Å². The van der Waals surface area contributed by atoms with Gasteiger partial charge in [0, 0.05) is 49.2 Å². The van der Waals surface area contributed by atoms with Crippen LogP contribution in [0.1, 0.15) is 15.4 Å². The molecule has 2 aromatic rings. The molecular weight excluding hydrogens is 423 g/mol. The van der Waals surface area contributed by atoms with Gasteiger partial charge in [-0.05, 0) is 23.6 Å². The monoisotopic (exact) mass is 445 g/mol. The number of hydrogen-bond acceptors (Lipinski definition) is 5. The van der Waals surface area contributed by atoms with Crippen molar-refractivity contribution in [3.8, 4) is 0 Å². The molecule has 2 N–H and O–H groups in total. The summed E-state index contributed by atoms with van der Waals surface area (Å²) < 4.78 is 39.3. The normalized spacial score (nSPS) is 23.5. The molecule has 1 amide bonds. The second-order valence-corrected chi connectivity index (χ2v) is 8.20. The lowest BCUT2D eigenvalue weighted by Crippen LogP contribution is -2.42. The number of ether oxygens (including phenoxy) is 1. The maximum atomic E-state index is 12.5. The number of alkyl halides is 3. The molecule has 3 atom stereocenters. The van der Waals surface area contributed by atoms with Crippen molar-refractivity contribution in [3.63, 3.8) is 0 Å². The zero-order chi connectivity index (χ0) is 21.9. The summed E-state index contributed by atoms with van der Waals surface area (Å²) in [5.41, 5.74) is 0.706. The summed E-state index contributed by atoms with van der Waals surface area (Å²) in [6.07, 6.45) is -3.19. The molecule has 2 aliphatic rings. The predicted octanol–water partition coefficient (Wildman–Crippen LogP) is 2.35. The Kier molecular flexibility index (Phi) is 6.84. The number of carboxylic acid groups (broad SMARTS) is 1. The molecule has 0 aliphatic carbocycles. The maximum Gasteiger partial charge on any atom is 0.490 e. The van der Waals surface area contributed by atoms with E-state index in [9.17, 15) is 18.0 Å². The van der Waals surface area contributed by atoms with Crippen LogP contribution in [-0.4, -0.2) is 64.5 Å². The summed E-state index contributed by atoms with van der Waals surface area (Å²) in [5, 5.41) is 12.5. The zero-order valence-corrected chi connectivity index (χ0v) is 16.9. The molecule has 0 spiro atoms. The zero-order valence-electron chi connectivity index (χ0n) is 16.1. The number of likely N-dealkylation sites (tertiary alicyclic amines) is 1. The largest absolute Gasteiger partial charge is 0.490 e. The topological polar surface area (TPSA) is 83.8 Å². The molecule has 2 saturated heterocycles. The molecule has 2 aromatic heterocycles. The van der Waals surface area contributed by atoms with E-state index < -0.39 is 12.1 Å². The van der Waals surface area contributed by atoms with Gasteiger partial charge in [-0.25, -0.2) is 4.79 Å². The van der Waals surface area contributed by atoms with Crippen LogP contribution in [0, 0.1) is 5.92 Å². The molecule has 11 heteroatoms. The quantitative estimate of drug-likeness (QED) is 0.755. The van der Waals surface area contributed by atoms with Gasteiger partial charge in [-0.1, -0.05) is 6.07 Å². The van der Waals surface area contributed by atoms with Crippen LogP contribution in [0.25, 0.3) is 0 Å². The fourth-order valence-corrected chi connectivity index (χ4v) is 4.45. The van der Waals surface area contributed by atoms with Gasteiger partial charge in [0.25, 0.3) is 5.91 Å². The molecule has 2 aliphatic heterocycles. The SMILES string of the molecule is Cn1cccc1C(=O)N[C@@H]1CN(Cc2cccs2)[C@@H]2COC[C@@H]21.O=C(O)C(F)(F)F. The van der Waals surface area contributed by atoms with E-state index in [1.807, 2.05) is 29.9 Å². The third kappa shape index (κ3) is 5.21. The summed E-state index contributed by atoms with van der Waals surface area (Å²) in [7, 11) is 1.90. The van der Waals surface area contributed by atoms with E-state index in [4.69, 9.17) is 14.6 Å². The van der Waals surface area contributed by atoms with E-state index in [0.717, 1.165) is 26.3 Å². The fraction of sp³-hybridized carbons (Fsp3) is 0.474. The Morgan fingerprint density at radius 1 is 1.30 bits per heavy atom. The predicted molar refractivity (Wildman–Crippen MR) is 103 cm³/mol. The van der Waals surface area contributed by atoms with Crippen LogP contribution in [0.4, 0.5) is 13.2 Å². The smallest absolute Gasteiger partial charge is 0.475 e. The summed E-state index contributed by atoms with van der Waals surface area (Å²) in [5.74, 6) is -2.36. The summed E-state index contributed by atoms with van der Waals surface area (Å²) >= 11 is 1.79. The van der Waals surface area contributed by atoms with Crippen molar-refractivity contribution >= 4 is 23.2 Å². The highest BCUT2D eigenvalue weighted by molar-refractivity contribution is 7.09. The number of rotatable bonds is 4. The van der Waals surface area contributed by atoms with Crippen molar-refractivity contribution in [3.05, 3.63) is 46.4 Å². The van der Waals surface area contributed by atoms with Gasteiger partial charge in [-0.15, -0.1) is 11.3 Å². The van der Waals surface area contributed by atoms with Gasteiger partial charge in [0.05, 0.1) is 13.2 Å². The minimum Gasteiger partial charge on any atom is -0.475 e. The minimum atomic E-state index is -5.08. The van der Waals surface area contributed by atoms with E-state index in [0.29, 0.717) is 17.7 Å². The van der Waals surface area contributed by atoms with Crippen molar-refractivity contribution in [1.82, 2.24) is 14.8 Å². The molecule has 0 unspecified atom stereocenters. The van der Waals surface area contributed by atoms with Crippen molar-refractivity contribution in [2.24, 2.45) is 13.0 Å². The number of amides is 1. The van der Waals surface area contributed by atoms with Crippen LogP contribution in [-0.2, 0) is 23.1 Å². The van der Waals surface area contributed by atoms with Gasteiger partial charge < -0.3 is 19.7 Å². The average Bonchev–Trinajstić information content (AvgIpc) is 3.43. The van der Waals surface area contributed by atoms with Crippen LogP contribution in [0.3, 0.4) is 0 Å². The first-order valence-corrected chi connectivity index (χ1v) is 10.1. The summed E-state index contributed by atoms with van der Waals surface area (Å²) in [4.78, 5) is 25.2. The lowest BCUT2D eigenvalue weighted by molar-refractivity contribution is -0.192. The van der Waals surface area contributed by atoms with Crippen molar-refractivity contribution < 1.29 is 32.6 Å². The fourth-order valence-electron chi connectivity index (χ4n) is 3.72. The van der Waals surface area contributed by atoms with Crippen LogP contribution < -0.4 is 5.32 Å². The molecule has 4 rings (SSSR count). The number of carbonyl (C=O) groups excluding carboxylic acids is 1. The van der Waals surface area contributed by atoms with Gasteiger partial charge in [-0.2, -0.15) is 13.2 Å². The number of carbonyl (C=O) groups is 2. The number of nitrogens with zero attached hydrogens (tertiary/aromatic N) is 2. The van der Waals surface area contributed by atoms with E-state index in [1.165, 1.54) is 4.88 Å². The highest BCUT2D eigenvalue weighted by Gasteiger charge is 2.46. The van der Waals surface area contributed by atoms with Gasteiger partial charge in [0.15, 0.2) is 0 Å². The highest BCUT2D eigenvalue weighted by Crippen LogP contribution is 2.32. The number of nitrogens with one attached hydrogen (secondary N) is 1. The Balaban J connectivity index is 0.000000318. The van der Waals surface area contributed by atoms with Crippen LogP contribution >= 0.6 is 11.3 Å². The average molecular weight is 445 g/mol. The molecule has 30 heavy (non-hydrogen) atoms. The van der Waals surface area contributed by atoms with E-state index in [2.05, 4.69) is 27.7 Å². The van der Waals surface area contributed by atoms with Crippen LogP contribution in [0.5, 0.6) is 0 Å². The number of aromatic nitrogens is 1. The highest BCUT2D eigenvalue weighted by atomic mass is 32.1. The molecule has 0 aromatic carbocycles. The first kappa shape index (κ1) is 22.3. The Morgan fingerprint density at radius 2 is 2.03 bits per heavy atom. The third-order valence-electron chi connectivity index (χ3n) is 5.18. The minimum absolute atomic E-state index is 0.00567. The van der Waals surface area contributed by atoms with E-state index in [-0.39, 0.29) is 11.9 Å². The maximum absolute atomic E-state index is 12.5. The van der Waals surface area contributed by atoms with Crippen molar-refractivity contribution in [2.45, 2.75) is 24.8 Å². The second-order valence-electron chi connectivity index (χ2n) is 7.16. The number of aliphatic carboxylic acids is 1. The molecule has 2 fully saturated rings. The first-order chi connectivity index (χ1) is 14.2. The molecule has 164 valence electrons. The Bertz CT molecular complexity index is 869. The molecular formula is C19H22F3N3O4S. The number of thiophene rings is 1. The number of halogens is 3. The number of fused-ring (bicyclic) bond motifs is 1. The lowest BCUT2D eigenvalue weighted by atomic mass is 10.00. The van der Waals surface area contributed by atoms with Gasteiger partial charge in [-0.3, -0.25) is 9.69 Å². The van der Waals surface area contributed by atoms with Crippen molar-refractivity contribution in [2.75, 3.05) is 19.8 Å². The van der Waals surface area contributed by atoms with Crippen LogP contribution in [0.2, 0.25) is 0 Å². The lowest BCUT2D eigenvalue weighted by Gasteiger charge is -2.21. The van der Waals surface area contributed by atoms with Crippen LogP contribution in [0.15, 0.2) is 35.8 Å². The van der Waals surface area contributed by atoms with Gasteiger partial charge in [0.2, 0.25) is 0 Å². The Morgan fingerprint density at radius 3 is 2.60 bits per heavy atom.